The zero-order valence-corrected chi connectivity index (χ0v) is 9.15. The molecule has 0 saturated carbocycles. The molecule has 0 unspecified atom stereocenters. The molecule has 0 fully saturated rings. The Labute approximate surface area is 91.9 Å². The van der Waals surface area contributed by atoms with Crippen LogP contribution in [0.5, 0.6) is 0 Å². The van der Waals surface area contributed by atoms with E-state index in [9.17, 15) is 9.59 Å². The topological polar surface area (TPSA) is 80.9 Å². The lowest BCUT2D eigenvalue weighted by atomic mass is 10.2. The zero-order chi connectivity index (χ0) is 11.9. The first-order valence-electron chi connectivity index (χ1n) is 5.05. The largest absolute Gasteiger partial charge is 0.399 e. The Morgan fingerprint density at radius 1 is 1.44 bits per heavy atom. The van der Waals surface area contributed by atoms with Crippen molar-refractivity contribution in [1.29, 1.82) is 0 Å². The molecule has 2 aromatic rings. The summed E-state index contributed by atoms with van der Waals surface area (Å²) in [6.45, 7) is 3.50. The van der Waals surface area contributed by atoms with Crippen molar-refractivity contribution in [2.75, 3.05) is 5.73 Å². The van der Waals surface area contributed by atoms with Crippen LogP contribution in [0.25, 0.3) is 11.0 Å². The van der Waals surface area contributed by atoms with Crippen molar-refractivity contribution < 1.29 is 4.79 Å². The highest BCUT2D eigenvalue weighted by Crippen LogP contribution is 2.15. The Kier molecular flexibility index (Phi) is 2.30. The van der Waals surface area contributed by atoms with E-state index in [-0.39, 0.29) is 11.8 Å². The monoisotopic (exact) mass is 219 g/mol. The van der Waals surface area contributed by atoms with Crippen molar-refractivity contribution in [2.45, 2.75) is 13.8 Å². The van der Waals surface area contributed by atoms with E-state index in [4.69, 9.17) is 5.73 Å². The lowest BCUT2D eigenvalue weighted by Gasteiger charge is -2.04. The van der Waals surface area contributed by atoms with Gasteiger partial charge in [-0.05, 0) is 18.2 Å². The third-order valence-electron chi connectivity index (χ3n) is 2.42. The number of nitrogens with zero attached hydrogens (tertiary/aromatic N) is 1. The van der Waals surface area contributed by atoms with Crippen molar-refractivity contribution >= 4 is 22.6 Å². The molecule has 3 N–H and O–H groups in total. The number of carbonyl (C=O) groups excluding carboxylic acids is 1. The summed E-state index contributed by atoms with van der Waals surface area (Å²) in [5.74, 6) is -0.472. The second-order valence-corrected chi connectivity index (χ2v) is 4.04. The number of fused-ring (bicyclic) bond motifs is 1. The van der Waals surface area contributed by atoms with Crippen LogP contribution in [0.1, 0.15) is 18.6 Å². The van der Waals surface area contributed by atoms with E-state index in [0.29, 0.717) is 16.7 Å². The highest BCUT2D eigenvalue weighted by Gasteiger charge is 2.16. The Bertz CT molecular complexity index is 607. The number of aromatic nitrogens is 2. The number of benzene rings is 1. The molecule has 0 saturated heterocycles. The highest BCUT2D eigenvalue weighted by molar-refractivity contribution is 5.92. The van der Waals surface area contributed by atoms with Gasteiger partial charge in [0, 0.05) is 11.6 Å². The number of nitrogens with one attached hydrogen (secondary N) is 1. The smallest absolute Gasteiger partial charge is 0.333 e. The number of nitrogen functional groups attached to an aromatic ring is 1. The lowest BCUT2D eigenvalue weighted by Crippen LogP contribution is -2.27. The number of nitrogens with two attached hydrogens (primary N) is 1. The van der Waals surface area contributed by atoms with Gasteiger partial charge in [0.05, 0.1) is 11.0 Å². The highest BCUT2D eigenvalue weighted by atomic mass is 16.2. The molecular weight excluding hydrogens is 206 g/mol. The Morgan fingerprint density at radius 3 is 2.75 bits per heavy atom. The molecule has 5 heteroatoms. The van der Waals surface area contributed by atoms with E-state index in [1.54, 1.807) is 32.0 Å². The van der Waals surface area contributed by atoms with Gasteiger partial charge in [-0.25, -0.2) is 9.36 Å². The van der Waals surface area contributed by atoms with E-state index < -0.39 is 5.69 Å². The number of aromatic amines is 1. The van der Waals surface area contributed by atoms with Gasteiger partial charge in [-0.2, -0.15) is 0 Å². The quantitative estimate of drug-likeness (QED) is 0.707. The maximum Gasteiger partial charge on any atom is 0.333 e. The van der Waals surface area contributed by atoms with Gasteiger partial charge in [-0.1, -0.05) is 13.8 Å². The van der Waals surface area contributed by atoms with Crippen LogP contribution in [-0.2, 0) is 0 Å². The molecule has 0 aliphatic carbocycles. The summed E-state index contributed by atoms with van der Waals surface area (Å²) in [5, 5.41) is 0. The average molecular weight is 219 g/mol. The predicted molar refractivity (Wildman–Crippen MR) is 62.4 cm³/mol. The van der Waals surface area contributed by atoms with Gasteiger partial charge < -0.3 is 10.7 Å². The van der Waals surface area contributed by atoms with E-state index in [0.717, 1.165) is 4.57 Å². The minimum atomic E-state index is -0.417. The number of H-pyrrole nitrogens is 1. The second-order valence-electron chi connectivity index (χ2n) is 4.04. The van der Waals surface area contributed by atoms with Crippen LogP contribution in [0, 0.1) is 5.92 Å². The Morgan fingerprint density at radius 2 is 2.12 bits per heavy atom. The van der Waals surface area contributed by atoms with E-state index in [1.807, 2.05) is 0 Å². The number of rotatable bonds is 1. The van der Waals surface area contributed by atoms with E-state index in [1.165, 1.54) is 0 Å². The Hall–Kier alpha value is -2.04. The van der Waals surface area contributed by atoms with E-state index in [2.05, 4.69) is 4.98 Å². The fourth-order valence-corrected chi connectivity index (χ4v) is 1.60. The van der Waals surface area contributed by atoms with Crippen LogP contribution in [0.15, 0.2) is 23.0 Å². The molecular formula is C11H13N3O2. The van der Waals surface area contributed by atoms with Crippen LogP contribution in [0.3, 0.4) is 0 Å². The summed E-state index contributed by atoms with van der Waals surface area (Å²) >= 11 is 0. The van der Waals surface area contributed by atoms with Crippen molar-refractivity contribution in [2.24, 2.45) is 5.92 Å². The minimum Gasteiger partial charge on any atom is -0.399 e. The summed E-state index contributed by atoms with van der Waals surface area (Å²) in [6, 6.07) is 4.99. The SMILES string of the molecule is CC(C)C(=O)n1c(=O)[nH]c2ccc(N)cc21. The summed E-state index contributed by atoms with van der Waals surface area (Å²) < 4.78 is 1.14. The molecule has 16 heavy (non-hydrogen) atoms. The molecule has 0 aliphatic heterocycles. The van der Waals surface area contributed by atoms with Crippen molar-refractivity contribution in [3.63, 3.8) is 0 Å². The van der Waals surface area contributed by atoms with Gasteiger partial charge in [-0.15, -0.1) is 0 Å². The number of anilines is 1. The lowest BCUT2D eigenvalue weighted by molar-refractivity contribution is 0.0856. The number of hydrogen-bond acceptors (Lipinski definition) is 3. The molecule has 0 spiro atoms. The second kappa shape index (κ2) is 3.52. The average Bonchev–Trinajstić information content (AvgIpc) is 2.52. The Balaban J connectivity index is 2.77. The fraction of sp³-hybridized carbons (Fsp3) is 0.273. The van der Waals surface area contributed by atoms with Crippen LogP contribution < -0.4 is 11.4 Å². The molecule has 5 nitrogen and oxygen atoms in total. The van der Waals surface area contributed by atoms with Crippen molar-refractivity contribution in [3.8, 4) is 0 Å². The summed E-state index contributed by atoms with van der Waals surface area (Å²) in [6.07, 6.45) is 0. The van der Waals surface area contributed by atoms with Crippen molar-refractivity contribution in [3.05, 3.63) is 28.7 Å². The molecule has 0 radical (unpaired) electrons. The maximum atomic E-state index is 11.9. The van der Waals surface area contributed by atoms with Crippen LogP contribution in [0.2, 0.25) is 0 Å². The molecule has 1 heterocycles. The fourth-order valence-electron chi connectivity index (χ4n) is 1.60. The molecule has 84 valence electrons. The van der Waals surface area contributed by atoms with E-state index >= 15 is 0 Å². The first-order valence-corrected chi connectivity index (χ1v) is 5.05. The molecule has 0 atom stereocenters. The van der Waals surface area contributed by atoms with Crippen molar-refractivity contribution in [1.82, 2.24) is 9.55 Å². The number of carbonyl (C=O) groups is 1. The predicted octanol–water partition coefficient (Wildman–Crippen LogP) is 1.21. The molecule has 0 aliphatic rings. The normalized spacial score (nSPS) is 11.2. The van der Waals surface area contributed by atoms with Gasteiger partial charge in [0.15, 0.2) is 0 Å². The first-order chi connectivity index (χ1) is 7.50. The van der Waals surface area contributed by atoms with Gasteiger partial charge in [0.2, 0.25) is 5.91 Å². The van der Waals surface area contributed by atoms with Crippen LogP contribution >= 0.6 is 0 Å². The first kappa shape index (κ1) is 10.5. The van der Waals surface area contributed by atoms with Crippen LogP contribution in [-0.4, -0.2) is 15.5 Å². The van der Waals surface area contributed by atoms with Gasteiger partial charge in [0.25, 0.3) is 0 Å². The molecule has 0 amide bonds. The third-order valence-corrected chi connectivity index (χ3v) is 2.42. The molecule has 1 aromatic carbocycles. The van der Waals surface area contributed by atoms with Gasteiger partial charge >= 0.3 is 5.69 Å². The summed E-state index contributed by atoms with van der Waals surface area (Å²) in [7, 11) is 0. The molecule has 2 rings (SSSR count). The number of imidazole rings is 1. The summed E-state index contributed by atoms with van der Waals surface area (Å²) in [4.78, 5) is 26.1. The summed E-state index contributed by atoms with van der Waals surface area (Å²) in [5.41, 5.74) is 6.90. The molecule has 1 aromatic heterocycles. The maximum absolute atomic E-state index is 11.9. The number of hydrogen-bond donors (Lipinski definition) is 2. The van der Waals surface area contributed by atoms with Crippen LogP contribution in [0.4, 0.5) is 5.69 Å². The third kappa shape index (κ3) is 1.50. The molecule has 0 bridgehead atoms. The minimum absolute atomic E-state index is 0.234. The van der Waals surface area contributed by atoms with Gasteiger partial charge in [0.1, 0.15) is 0 Å². The van der Waals surface area contributed by atoms with Gasteiger partial charge in [-0.3, -0.25) is 4.79 Å². The zero-order valence-electron chi connectivity index (χ0n) is 9.15. The standard InChI is InChI=1S/C11H13N3O2/c1-6(2)10(15)14-9-5-7(12)3-4-8(9)13-11(14)16/h3-6H,12H2,1-2H3,(H,13,16).